The van der Waals surface area contributed by atoms with E-state index in [1.165, 1.54) is 32.4 Å². The summed E-state index contributed by atoms with van der Waals surface area (Å²) in [6, 6.07) is 0.472. The van der Waals surface area contributed by atoms with Crippen molar-refractivity contribution in [3.63, 3.8) is 0 Å². The highest BCUT2D eigenvalue weighted by Crippen LogP contribution is 2.29. The molecule has 1 heterocycles. The molecule has 82 valence electrons. The van der Waals surface area contributed by atoms with Crippen molar-refractivity contribution in [3.05, 3.63) is 0 Å². The summed E-state index contributed by atoms with van der Waals surface area (Å²) >= 11 is 0. The minimum atomic E-state index is -0.0486. The third-order valence-corrected chi connectivity index (χ3v) is 3.81. The Balaban J connectivity index is 1.95. The van der Waals surface area contributed by atoms with E-state index in [0.29, 0.717) is 6.04 Å². The van der Waals surface area contributed by atoms with Crippen molar-refractivity contribution in [2.75, 3.05) is 13.1 Å². The first-order valence-electron chi connectivity index (χ1n) is 6.09. The van der Waals surface area contributed by atoms with E-state index in [-0.39, 0.29) is 6.10 Å². The minimum absolute atomic E-state index is 0.0486. The maximum absolute atomic E-state index is 9.87. The molecule has 2 fully saturated rings. The lowest BCUT2D eigenvalue weighted by atomic mass is 9.90. The van der Waals surface area contributed by atoms with Gasteiger partial charge in [0.1, 0.15) is 0 Å². The quantitative estimate of drug-likeness (QED) is 0.694. The molecule has 4 atom stereocenters. The van der Waals surface area contributed by atoms with Crippen LogP contribution in [0.25, 0.3) is 0 Å². The van der Waals surface area contributed by atoms with E-state index in [1.54, 1.807) is 0 Å². The summed E-state index contributed by atoms with van der Waals surface area (Å²) in [4.78, 5) is 2.54. The molecule has 0 aromatic rings. The lowest BCUT2D eigenvalue weighted by Gasteiger charge is -2.39. The van der Waals surface area contributed by atoms with Gasteiger partial charge in [-0.3, -0.25) is 4.90 Å². The summed E-state index contributed by atoms with van der Waals surface area (Å²) in [6.45, 7) is 7.08. The highest BCUT2D eigenvalue weighted by atomic mass is 16.3. The molecule has 0 aromatic heterocycles. The van der Waals surface area contributed by atoms with Gasteiger partial charge in [-0.15, -0.1) is 0 Å². The van der Waals surface area contributed by atoms with Crippen molar-refractivity contribution in [1.29, 1.82) is 0 Å². The highest BCUT2D eigenvalue weighted by Gasteiger charge is 2.34. The molecule has 2 nitrogen and oxygen atoms in total. The number of hydrogen-bond acceptors (Lipinski definition) is 2. The Labute approximate surface area is 87.3 Å². The SMILES string of the molecule is CC1CC(C)CN([C@@H]2CCC[C@H]2O)C1. The zero-order valence-corrected chi connectivity index (χ0v) is 9.45. The van der Waals surface area contributed by atoms with Crippen molar-refractivity contribution in [2.45, 2.75) is 51.7 Å². The molecule has 2 unspecified atom stereocenters. The van der Waals surface area contributed by atoms with Gasteiger partial charge in [0.15, 0.2) is 0 Å². The van der Waals surface area contributed by atoms with Gasteiger partial charge in [0.25, 0.3) is 0 Å². The fraction of sp³-hybridized carbons (Fsp3) is 1.00. The Bertz CT molecular complexity index is 185. The molecule has 1 aliphatic carbocycles. The van der Waals surface area contributed by atoms with E-state index in [0.717, 1.165) is 18.3 Å². The molecule has 1 saturated carbocycles. The van der Waals surface area contributed by atoms with Gasteiger partial charge in [-0.2, -0.15) is 0 Å². The summed E-state index contributed by atoms with van der Waals surface area (Å²) in [5.74, 6) is 1.62. The zero-order chi connectivity index (χ0) is 10.1. The normalized spacial score (nSPS) is 45.6. The lowest BCUT2D eigenvalue weighted by Crippen LogP contribution is -2.48. The van der Waals surface area contributed by atoms with Crippen LogP contribution in [0.5, 0.6) is 0 Å². The highest BCUT2D eigenvalue weighted by molar-refractivity contribution is 4.88. The van der Waals surface area contributed by atoms with Crippen LogP contribution in [-0.4, -0.2) is 35.2 Å². The maximum atomic E-state index is 9.87. The number of nitrogens with zero attached hydrogens (tertiary/aromatic N) is 1. The molecule has 14 heavy (non-hydrogen) atoms. The van der Waals surface area contributed by atoms with Gasteiger partial charge in [-0.1, -0.05) is 13.8 Å². The van der Waals surface area contributed by atoms with Crippen LogP contribution in [-0.2, 0) is 0 Å². The smallest absolute Gasteiger partial charge is 0.0695 e. The van der Waals surface area contributed by atoms with E-state index in [9.17, 15) is 5.11 Å². The average molecular weight is 197 g/mol. The largest absolute Gasteiger partial charge is 0.391 e. The molecule has 2 heteroatoms. The number of rotatable bonds is 1. The molecule has 1 saturated heterocycles. The van der Waals surface area contributed by atoms with Crippen molar-refractivity contribution < 1.29 is 5.11 Å². The van der Waals surface area contributed by atoms with Crippen LogP contribution in [0.4, 0.5) is 0 Å². The van der Waals surface area contributed by atoms with E-state index in [1.807, 2.05) is 0 Å². The second-order valence-electron chi connectivity index (χ2n) is 5.47. The van der Waals surface area contributed by atoms with E-state index < -0.39 is 0 Å². The summed E-state index contributed by atoms with van der Waals surface area (Å²) in [7, 11) is 0. The number of likely N-dealkylation sites (tertiary alicyclic amines) is 1. The molecule has 0 amide bonds. The van der Waals surface area contributed by atoms with Gasteiger partial charge in [0.05, 0.1) is 6.10 Å². The van der Waals surface area contributed by atoms with Crippen LogP contribution < -0.4 is 0 Å². The van der Waals surface area contributed by atoms with Gasteiger partial charge in [-0.25, -0.2) is 0 Å². The van der Waals surface area contributed by atoms with E-state index in [2.05, 4.69) is 18.7 Å². The Kier molecular flexibility index (Phi) is 3.13. The first-order valence-corrected chi connectivity index (χ1v) is 6.09. The predicted molar refractivity (Wildman–Crippen MR) is 58.2 cm³/mol. The van der Waals surface area contributed by atoms with Crippen LogP contribution in [0.15, 0.2) is 0 Å². The zero-order valence-electron chi connectivity index (χ0n) is 9.45. The second-order valence-corrected chi connectivity index (χ2v) is 5.47. The molecule has 0 aromatic carbocycles. The van der Waals surface area contributed by atoms with Crippen LogP contribution in [0.3, 0.4) is 0 Å². The second kappa shape index (κ2) is 4.19. The summed E-state index contributed by atoms with van der Waals surface area (Å²) < 4.78 is 0. The van der Waals surface area contributed by atoms with E-state index in [4.69, 9.17) is 0 Å². The Morgan fingerprint density at radius 1 is 1.07 bits per heavy atom. The van der Waals surface area contributed by atoms with Gasteiger partial charge in [-0.05, 0) is 37.5 Å². The summed E-state index contributed by atoms with van der Waals surface area (Å²) in [5, 5.41) is 9.87. The molecule has 1 aliphatic heterocycles. The first-order chi connectivity index (χ1) is 6.66. The Morgan fingerprint density at radius 3 is 2.21 bits per heavy atom. The lowest BCUT2D eigenvalue weighted by molar-refractivity contribution is 0.0303. The van der Waals surface area contributed by atoms with Crippen LogP contribution in [0, 0.1) is 11.8 Å². The maximum Gasteiger partial charge on any atom is 0.0695 e. The van der Waals surface area contributed by atoms with Crippen LogP contribution in [0.2, 0.25) is 0 Å². The average Bonchev–Trinajstić information content (AvgIpc) is 2.49. The third-order valence-electron chi connectivity index (χ3n) is 3.81. The molecule has 2 rings (SSSR count). The molecule has 0 spiro atoms. The fourth-order valence-corrected chi connectivity index (χ4v) is 3.33. The van der Waals surface area contributed by atoms with Gasteiger partial charge in [0.2, 0.25) is 0 Å². The van der Waals surface area contributed by atoms with E-state index >= 15 is 0 Å². The standard InChI is InChI=1S/C12H23NO/c1-9-6-10(2)8-13(7-9)11-4-3-5-12(11)14/h9-12,14H,3-8H2,1-2H3/t9?,10?,11-,12-/m1/s1. The molecule has 0 radical (unpaired) electrons. The van der Waals surface area contributed by atoms with Crippen LogP contribution in [0.1, 0.15) is 39.5 Å². The molecular formula is C12H23NO. The minimum Gasteiger partial charge on any atom is -0.391 e. The van der Waals surface area contributed by atoms with Crippen molar-refractivity contribution in [1.82, 2.24) is 4.90 Å². The monoisotopic (exact) mass is 197 g/mol. The topological polar surface area (TPSA) is 23.5 Å². The van der Waals surface area contributed by atoms with Crippen molar-refractivity contribution in [2.24, 2.45) is 11.8 Å². The van der Waals surface area contributed by atoms with Crippen molar-refractivity contribution in [3.8, 4) is 0 Å². The number of aliphatic hydroxyl groups is 1. The molecule has 0 bridgehead atoms. The van der Waals surface area contributed by atoms with Gasteiger partial charge >= 0.3 is 0 Å². The summed E-state index contributed by atoms with van der Waals surface area (Å²) in [5.41, 5.74) is 0. The van der Waals surface area contributed by atoms with Crippen molar-refractivity contribution >= 4 is 0 Å². The summed E-state index contributed by atoms with van der Waals surface area (Å²) in [6.07, 6.45) is 4.75. The van der Waals surface area contributed by atoms with Crippen LogP contribution >= 0.6 is 0 Å². The molecule has 1 N–H and O–H groups in total. The predicted octanol–water partition coefficient (Wildman–Crippen LogP) is 1.88. The number of aliphatic hydroxyl groups excluding tert-OH is 1. The fourth-order valence-electron chi connectivity index (χ4n) is 3.33. The van der Waals surface area contributed by atoms with Gasteiger partial charge in [0, 0.05) is 19.1 Å². The molecular weight excluding hydrogens is 174 g/mol. The van der Waals surface area contributed by atoms with Gasteiger partial charge < -0.3 is 5.11 Å². The first kappa shape index (κ1) is 10.4. The third kappa shape index (κ3) is 2.12. The Morgan fingerprint density at radius 2 is 1.71 bits per heavy atom. The Hall–Kier alpha value is -0.0800. The number of piperidine rings is 1. The number of hydrogen-bond donors (Lipinski definition) is 1. The molecule has 2 aliphatic rings.